The molecule has 3 aromatic rings. The number of nitrogens with one attached hydrogen (secondary N) is 3. The molecular formula is C14H13ClN4O3. The highest BCUT2D eigenvalue weighted by Crippen LogP contribution is 2.28. The number of carboxylic acid groups (broad SMARTS) is 1. The second kappa shape index (κ2) is 5.98. The van der Waals surface area contributed by atoms with Gasteiger partial charge < -0.3 is 25.2 Å². The number of carbonyl (C=O) groups is 1. The first kappa shape index (κ1) is 14.3. The van der Waals surface area contributed by atoms with Crippen LogP contribution in [0.3, 0.4) is 0 Å². The third-order valence-electron chi connectivity index (χ3n) is 3.15. The van der Waals surface area contributed by atoms with Crippen LogP contribution in [-0.2, 0) is 13.1 Å². The number of H-pyrrole nitrogens is 1. The van der Waals surface area contributed by atoms with Crippen LogP contribution in [0.2, 0.25) is 5.02 Å². The van der Waals surface area contributed by atoms with E-state index in [2.05, 4.69) is 20.8 Å². The summed E-state index contributed by atoms with van der Waals surface area (Å²) in [6.07, 6.45) is 0.445. The van der Waals surface area contributed by atoms with E-state index in [9.17, 15) is 4.79 Å². The van der Waals surface area contributed by atoms with Crippen molar-refractivity contribution in [3.63, 3.8) is 0 Å². The summed E-state index contributed by atoms with van der Waals surface area (Å²) >= 11 is 6.25. The van der Waals surface area contributed by atoms with E-state index >= 15 is 0 Å². The molecule has 0 radical (unpaired) electrons. The van der Waals surface area contributed by atoms with Gasteiger partial charge in [-0.1, -0.05) is 16.8 Å². The lowest BCUT2D eigenvalue weighted by Gasteiger charge is -2.06. The molecule has 2 aromatic heterocycles. The molecule has 8 heteroatoms. The number of anilines is 1. The van der Waals surface area contributed by atoms with Crippen molar-refractivity contribution in [3.05, 3.63) is 46.9 Å². The first-order valence-corrected chi connectivity index (χ1v) is 6.90. The lowest BCUT2D eigenvalue weighted by molar-refractivity contribution is 0.194. The summed E-state index contributed by atoms with van der Waals surface area (Å²) in [4.78, 5) is 13.7. The van der Waals surface area contributed by atoms with E-state index in [-0.39, 0.29) is 6.54 Å². The normalized spacial score (nSPS) is 10.8. The standard InChI is InChI=1S/C14H13ClN4O3/c15-11-4-8-3-10(7-17-14(20)21)18-12(8)5-13(11)16-6-9-1-2-22-19-9/h1-5,16-18H,6-7H2,(H,20,21). The Kier molecular flexibility index (Phi) is 3.88. The molecule has 0 fully saturated rings. The molecule has 0 saturated heterocycles. The Hall–Kier alpha value is -2.67. The number of aromatic amines is 1. The average molecular weight is 321 g/mol. The fraction of sp³-hybridized carbons (Fsp3) is 0.143. The summed E-state index contributed by atoms with van der Waals surface area (Å²) in [7, 11) is 0. The maximum absolute atomic E-state index is 10.5. The fourth-order valence-corrected chi connectivity index (χ4v) is 2.37. The SMILES string of the molecule is O=C(O)NCc1cc2cc(Cl)c(NCc3ccon3)cc2[nH]1. The Morgan fingerprint density at radius 1 is 1.36 bits per heavy atom. The molecule has 0 atom stereocenters. The molecule has 7 nitrogen and oxygen atoms in total. The molecule has 4 N–H and O–H groups in total. The number of nitrogens with zero attached hydrogens (tertiary/aromatic N) is 1. The molecular weight excluding hydrogens is 308 g/mol. The zero-order valence-electron chi connectivity index (χ0n) is 11.4. The van der Waals surface area contributed by atoms with Crippen molar-refractivity contribution < 1.29 is 14.4 Å². The summed E-state index contributed by atoms with van der Waals surface area (Å²) in [5.74, 6) is 0. The Morgan fingerprint density at radius 2 is 2.23 bits per heavy atom. The third kappa shape index (κ3) is 3.15. The van der Waals surface area contributed by atoms with Crippen LogP contribution in [0.5, 0.6) is 0 Å². The maximum atomic E-state index is 10.5. The van der Waals surface area contributed by atoms with Gasteiger partial charge in [-0.15, -0.1) is 0 Å². The summed E-state index contributed by atoms with van der Waals surface area (Å²) in [5.41, 5.74) is 3.17. The van der Waals surface area contributed by atoms with Crippen LogP contribution < -0.4 is 10.6 Å². The van der Waals surface area contributed by atoms with Gasteiger partial charge in [-0.2, -0.15) is 0 Å². The molecule has 0 aliphatic carbocycles. The number of halogens is 1. The van der Waals surface area contributed by atoms with Crippen LogP contribution in [0.1, 0.15) is 11.4 Å². The van der Waals surface area contributed by atoms with Gasteiger partial charge in [0.05, 0.1) is 23.8 Å². The zero-order chi connectivity index (χ0) is 15.5. The molecule has 0 aliphatic rings. The Bertz CT molecular complexity index is 798. The number of aromatic nitrogens is 2. The van der Waals surface area contributed by atoms with Gasteiger partial charge in [0.15, 0.2) is 0 Å². The van der Waals surface area contributed by atoms with E-state index in [4.69, 9.17) is 21.2 Å². The predicted octanol–water partition coefficient (Wildman–Crippen LogP) is 3.19. The summed E-state index contributed by atoms with van der Waals surface area (Å²) in [5, 5.41) is 19.4. The van der Waals surface area contributed by atoms with Gasteiger partial charge in [-0.25, -0.2) is 4.79 Å². The third-order valence-corrected chi connectivity index (χ3v) is 3.46. The Morgan fingerprint density at radius 3 is 2.95 bits per heavy atom. The number of hydrogen-bond donors (Lipinski definition) is 4. The smallest absolute Gasteiger partial charge is 0.404 e. The first-order valence-electron chi connectivity index (χ1n) is 6.53. The van der Waals surface area contributed by atoms with E-state index < -0.39 is 6.09 Å². The van der Waals surface area contributed by atoms with Crippen LogP contribution in [0, 0.1) is 0 Å². The minimum absolute atomic E-state index is 0.212. The molecule has 0 unspecified atom stereocenters. The first-order chi connectivity index (χ1) is 10.6. The zero-order valence-corrected chi connectivity index (χ0v) is 12.1. The summed E-state index contributed by atoms with van der Waals surface area (Å²) in [6.45, 7) is 0.708. The number of amides is 1. The molecule has 22 heavy (non-hydrogen) atoms. The van der Waals surface area contributed by atoms with E-state index in [1.165, 1.54) is 6.26 Å². The molecule has 1 aromatic carbocycles. The van der Waals surface area contributed by atoms with Crippen molar-refractivity contribution in [3.8, 4) is 0 Å². The number of benzene rings is 1. The molecule has 1 amide bonds. The van der Waals surface area contributed by atoms with Crippen molar-refractivity contribution in [2.75, 3.05) is 5.32 Å². The maximum Gasteiger partial charge on any atom is 0.404 e. The molecule has 2 heterocycles. The number of hydrogen-bond acceptors (Lipinski definition) is 4. The minimum Gasteiger partial charge on any atom is -0.465 e. The number of rotatable bonds is 5. The van der Waals surface area contributed by atoms with Gasteiger partial charge in [0.1, 0.15) is 12.0 Å². The van der Waals surface area contributed by atoms with Crippen molar-refractivity contribution in [1.82, 2.24) is 15.5 Å². The van der Waals surface area contributed by atoms with Gasteiger partial charge in [-0.05, 0) is 18.2 Å². The second-order valence-corrected chi connectivity index (χ2v) is 5.12. The highest BCUT2D eigenvalue weighted by atomic mass is 35.5. The quantitative estimate of drug-likeness (QED) is 0.578. The lowest BCUT2D eigenvalue weighted by atomic mass is 10.2. The molecule has 114 valence electrons. The van der Waals surface area contributed by atoms with E-state index in [0.717, 1.165) is 28.0 Å². The van der Waals surface area contributed by atoms with Crippen LogP contribution >= 0.6 is 11.6 Å². The van der Waals surface area contributed by atoms with Crippen LogP contribution in [0.15, 0.2) is 35.1 Å². The summed E-state index contributed by atoms with van der Waals surface area (Å²) < 4.78 is 4.77. The second-order valence-electron chi connectivity index (χ2n) is 4.72. The highest BCUT2D eigenvalue weighted by molar-refractivity contribution is 6.34. The van der Waals surface area contributed by atoms with Gasteiger partial charge in [0.2, 0.25) is 0 Å². The highest BCUT2D eigenvalue weighted by Gasteiger charge is 2.08. The topological polar surface area (TPSA) is 103 Å². The van der Waals surface area contributed by atoms with Gasteiger partial charge in [0, 0.05) is 22.7 Å². The largest absolute Gasteiger partial charge is 0.465 e. The molecule has 0 spiro atoms. The predicted molar refractivity (Wildman–Crippen MR) is 82.0 cm³/mol. The Balaban J connectivity index is 1.79. The van der Waals surface area contributed by atoms with Gasteiger partial charge in [0.25, 0.3) is 0 Å². The van der Waals surface area contributed by atoms with Crippen LogP contribution in [-0.4, -0.2) is 21.3 Å². The van der Waals surface area contributed by atoms with Crippen LogP contribution in [0.4, 0.5) is 10.5 Å². The molecule has 0 saturated carbocycles. The summed E-state index contributed by atoms with van der Waals surface area (Å²) in [6, 6.07) is 7.33. The Labute approximate surface area is 130 Å². The van der Waals surface area contributed by atoms with Crippen LogP contribution in [0.25, 0.3) is 10.9 Å². The molecule has 0 bridgehead atoms. The van der Waals surface area contributed by atoms with Crippen molar-refractivity contribution in [2.45, 2.75) is 13.1 Å². The lowest BCUT2D eigenvalue weighted by Crippen LogP contribution is -2.19. The fourth-order valence-electron chi connectivity index (χ4n) is 2.13. The van der Waals surface area contributed by atoms with E-state index in [1.807, 2.05) is 18.2 Å². The molecule has 0 aliphatic heterocycles. The molecule has 3 rings (SSSR count). The van der Waals surface area contributed by atoms with Crippen molar-refractivity contribution >= 4 is 34.3 Å². The van der Waals surface area contributed by atoms with E-state index in [0.29, 0.717) is 11.6 Å². The van der Waals surface area contributed by atoms with Crippen molar-refractivity contribution in [1.29, 1.82) is 0 Å². The average Bonchev–Trinajstić information content (AvgIpc) is 3.11. The van der Waals surface area contributed by atoms with Crippen molar-refractivity contribution in [2.24, 2.45) is 0 Å². The number of fused-ring (bicyclic) bond motifs is 1. The minimum atomic E-state index is -1.06. The van der Waals surface area contributed by atoms with Gasteiger partial charge in [-0.3, -0.25) is 0 Å². The van der Waals surface area contributed by atoms with Gasteiger partial charge >= 0.3 is 6.09 Å². The van der Waals surface area contributed by atoms with E-state index in [1.54, 1.807) is 6.07 Å². The monoisotopic (exact) mass is 320 g/mol.